The standard InChI is InChI=1S/C10H11N5O2/c11-10-13-8-7(9(17)14-10)12-4-15(8)5-1-2-6(16)3-5/h1-2,4-6,16H,3H2,(H3,11,13,14,17). The van der Waals surface area contributed by atoms with Gasteiger partial charge in [-0.1, -0.05) is 12.2 Å². The summed E-state index contributed by atoms with van der Waals surface area (Å²) in [4.78, 5) is 22.1. The van der Waals surface area contributed by atoms with Crippen LogP contribution < -0.4 is 11.3 Å². The third-order valence-electron chi connectivity index (χ3n) is 2.85. The first kappa shape index (κ1) is 10.0. The summed E-state index contributed by atoms with van der Waals surface area (Å²) in [6, 6.07) is -0.0382. The zero-order valence-corrected chi connectivity index (χ0v) is 8.87. The molecule has 88 valence electrons. The Morgan fingerprint density at radius 2 is 2.35 bits per heavy atom. The second-order valence-corrected chi connectivity index (χ2v) is 4.03. The van der Waals surface area contributed by atoms with E-state index in [1.165, 1.54) is 0 Å². The number of anilines is 1. The third-order valence-corrected chi connectivity index (χ3v) is 2.85. The van der Waals surface area contributed by atoms with Crippen molar-refractivity contribution in [2.75, 3.05) is 5.73 Å². The number of rotatable bonds is 1. The lowest BCUT2D eigenvalue weighted by Gasteiger charge is -2.10. The molecule has 0 aliphatic heterocycles. The SMILES string of the molecule is Nc1nc2c(ncn2C2C=CC(O)C2)c(=O)[nH]1. The number of nitrogens with two attached hydrogens (primary N) is 1. The number of nitrogens with zero attached hydrogens (tertiary/aromatic N) is 3. The topological polar surface area (TPSA) is 110 Å². The molecule has 0 fully saturated rings. The Labute approximate surface area is 95.6 Å². The van der Waals surface area contributed by atoms with Crippen molar-refractivity contribution < 1.29 is 5.11 Å². The van der Waals surface area contributed by atoms with Gasteiger partial charge in [-0.15, -0.1) is 0 Å². The van der Waals surface area contributed by atoms with E-state index in [1.54, 1.807) is 17.0 Å². The van der Waals surface area contributed by atoms with Crippen molar-refractivity contribution >= 4 is 17.1 Å². The van der Waals surface area contributed by atoms with Crippen LogP contribution >= 0.6 is 0 Å². The van der Waals surface area contributed by atoms with E-state index in [2.05, 4.69) is 15.0 Å². The molecule has 2 aromatic heterocycles. The minimum atomic E-state index is -0.461. The number of hydrogen-bond donors (Lipinski definition) is 3. The molecule has 2 aromatic rings. The number of aromatic nitrogens is 4. The largest absolute Gasteiger partial charge is 0.389 e. The third kappa shape index (κ3) is 1.51. The summed E-state index contributed by atoms with van der Waals surface area (Å²) >= 11 is 0. The van der Waals surface area contributed by atoms with Crippen LogP contribution in [0, 0.1) is 0 Å². The van der Waals surface area contributed by atoms with Crippen molar-refractivity contribution in [2.45, 2.75) is 18.6 Å². The predicted molar refractivity (Wildman–Crippen MR) is 61.4 cm³/mol. The summed E-state index contributed by atoms with van der Waals surface area (Å²) in [6.45, 7) is 0. The van der Waals surface area contributed by atoms with Crippen molar-refractivity contribution in [1.82, 2.24) is 19.5 Å². The molecule has 0 bridgehead atoms. The Kier molecular flexibility index (Phi) is 2.02. The van der Waals surface area contributed by atoms with Gasteiger partial charge in [0.25, 0.3) is 5.56 Å². The van der Waals surface area contributed by atoms with Gasteiger partial charge >= 0.3 is 0 Å². The molecule has 0 saturated carbocycles. The molecule has 7 nitrogen and oxygen atoms in total. The van der Waals surface area contributed by atoms with Gasteiger partial charge in [0.1, 0.15) is 0 Å². The molecule has 3 rings (SSSR count). The van der Waals surface area contributed by atoms with Crippen LogP contribution in [0.5, 0.6) is 0 Å². The summed E-state index contributed by atoms with van der Waals surface area (Å²) < 4.78 is 1.74. The van der Waals surface area contributed by atoms with Crippen molar-refractivity contribution in [3.63, 3.8) is 0 Å². The molecule has 1 aliphatic rings. The molecular weight excluding hydrogens is 222 g/mol. The first-order chi connectivity index (χ1) is 8.15. The van der Waals surface area contributed by atoms with Crippen LogP contribution in [0.15, 0.2) is 23.3 Å². The maximum Gasteiger partial charge on any atom is 0.280 e. The number of imidazole rings is 1. The average molecular weight is 233 g/mol. The fourth-order valence-corrected chi connectivity index (χ4v) is 2.05. The normalized spacial score (nSPS) is 23.6. The van der Waals surface area contributed by atoms with E-state index >= 15 is 0 Å². The average Bonchev–Trinajstić information content (AvgIpc) is 2.83. The number of hydrogen-bond acceptors (Lipinski definition) is 5. The van der Waals surface area contributed by atoms with Crippen molar-refractivity contribution in [1.29, 1.82) is 0 Å². The molecule has 0 aromatic carbocycles. The zero-order valence-electron chi connectivity index (χ0n) is 8.87. The van der Waals surface area contributed by atoms with Crippen molar-refractivity contribution in [3.8, 4) is 0 Å². The van der Waals surface area contributed by atoms with E-state index in [1.807, 2.05) is 6.08 Å². The van der Waals surface area contributed by atoms with Crippen LogP contribution in [-0.2, 0) is 0 Å². The highest BCUT2D eigenvalue weighted by Crippen LogP contribution is 2.25. The molecule has 2 atom stereocenters. The molecule has 1 aliphatic carbocycles. The highest BCUT2D eigenvalue weighted by Gasteiger charge is 2.21. The van der Waals surface area contributed by atoms with Gasteiger partial charge in [-0.3, -0.25) is 9.78 Å². The lowest BCUT2D eigenvalue weighted by atomic mass is 10.2. The highest BCUT2D eigenvalue weighted by molar-refractivity contribution is 5.70. The number of H-pyrrole nitrogens is 1. The molecule has 7 heteroatoms. The minimum Gasteiger partial charge on any atom is -0.389 e. The number of nitrogens with one attached hydrogen (secondary N) is 1. The lowest BCUT2D eigenvalue weighted by Crippen LogP contribution is -2.13. The predicted octanol–water partition coefficient (Wildman–Crippen LogP) is -0.436. The Hall–Kier alpha value is -2.15. The fraction of sp³-hybridized carbons (Fsp3) is 0.300. The summed E-state index contributed by atoms with van der Waals surface area (Å²) in [5, 5.41) is 9.45. The van der Waals surface area contributed by atoms with Gasteiger partial charge < -0.3 is 15.4 Å². The summed E-state index contributed by atoms with van der Waals surface area (Å²) in [6.07, 6.45) is 5.22. The number of nitrogen functional groups attached to an aromatic ring is 1. The molecule has 0 spiro atoms. The fourth-order valence-electron chi connectivity index (χ4n) is 2.05. The summed E-state index contributed by atoms with van der Waals surface area (Å²) in [5.74, 6) is 0.0618. The molecule has 0 radical (unpaired) electrons. The lowest BCUT2D eigenvalue weighted by molar-refractivity contribution is 0.211. The quantitative estimate of drug-likeness (QED) is 0.578. The zero-order chi connectivity index (χ0) is 12.0. The monoisotopic (exact) mass is 233 g/mol. The Morgan fingerprint density at radius 1 is 1.53 bits per heavy atom. The van der Waals surface area contributed by atoms with E-state index in [0.29, 0.717) is 12.1 Å². The molecule has 2 heterocycles. The first-order valence-corrected chi connectivity index (χ1v) is 5.24. The van der Waals surface area contributed by atoms with Crippen LogP contribution in [-0.4, -0.2) is 30.7 Å². The number of aliphatic hydroxyl groups excluding tert-OH is 1. The van der Waals surface area contributed by atoms with Crippen LogP contribution in [0.2, 0.25) is 0 Å². The van der Waals surface area contributed by atoms with E-state index in [-0.39, 0.29) is 23.1 Å². The van der Waals surface area contributed by atoms with Gasteiger partial charge in [0.15, 0.2) is 11.2 Å². The van der Waals surface area contributed by atoms with Gasteiger partial charge in [0.2, 0.25) is 5.95 Å². The maximum absolute atomic E-state index is 11.6. The second kappa shape index (κ2) is 3.42. The molecule has 2 unspecified atom stereocenters. The van der Waals surface area contributed by atoms with E-state index in [0.717, 1.165) is 0 Å². The smallest absolute Gasteiger partial charge is 0.280 e. The molecule has 0 amide bonds. The maximum atomic E-state index is 11.6. The van der Waals surface area contributed by atoms with Crippen molar-refractivity contribution in [3.05, 3.63) is 28.8 Å². The summed E-state index contributed by atoms with van der Waals surface area (Å²) in [7, 11) is 0. The number of allylic oxidation sites excluding steroid dienone is 1. The van der Waals surface area contributed by atoms with Gasteiger partial charge in [0.05, 0.1) is 18.5 Å². The van der Waals surface area contributed by atoms with Crippen LogP contribution in [0.1, 0.15) is 12.5 Å². The molecular formula is C10H11N5O2. The van der Waals surface area contributed by atoms with Crippen molar-refractivity contribution in [2.24, 2.45) is 0 Å². The van der Waals surface area contributed by atoms with Crippen LogP contribution in [0.25, 0.3) is 11.2 Å². The molecule has 0 saturated heterocycles. The van der Waals surface area contributed by atoms with Gasteiger partial charge in [0, 0.05) is 6.42 Å². The van der Waals surface area contributed by atoms with Crippen LogP contribution in [0.4, 0.5) is 5.95 Å². The first-order valence-electron chi connectivity index (χ1n) is 5.24. The van der Waals surface area contributed by atoms with Gasteiger partial charge in [-0.05, 0) is 0 Å². The number of aromatic amines is 1. The van der Waals surface area contributed by atoms with E-state index in [4.69, 9.17) is 5.73 Å². The number of aliphatic hydroxyl groups is 1. The van der Waals surface area contributed by atoms with E-state index < -0.39 is 6.10 Å². The second-order valence-electron chi connectivity index (χ2n) is 4.03. The summed E-state index contributed by atoms with van der Waals surface area (Å²) in [5.41, 5.74) is 5.85. The molecule has 17 heavy (non-hydrogen) atoms. The number of fused-ring (bicyclic) bond motifs is 1. The van der Waals surface area contributed by atoms with E-state index in [9.17, 15) is 9.90 Å². The highest BCUT2D eigenvalue weighted by atomic mass is 16.3. The van der Waals surface area contributed by atoms with Gasteiger partial charge in [-0.2, -0.15) is 4.98 Å². The van der Waals surface area contributed by atoms with Gasteiger partial charge in [-0.25, -0.2) is 4.98 Å². The Bertz CT molecular complexity index is 656. The Balaban J connectivity index is 2.18. The molecule has 4 N–H and O–H groups in total. The minimum absolute atomic E-state index is 0.0382. The van der Waals surface area contributed by atoms with Crippen LogP contribution in [0.3, 0.4) is 0 Å². The Morgan fingerprint density at radius 3 is 3.06 bits per heavy atom.